The average molecular weight is 220 g/mol. The van der Waals surface area contributed by atoms with Crippen LogP contribution in [0.25, 0.3) is 0 Å². The summed E-state index contributed by atoms with van der Waals surface area (Å²) in [6, 6.07) is 7.19. The van der Waals surface area contributed by atoms with Gasteiger partial charge in [0.05, 0.1) is 10.0 Å². The molecule has 0 atom stereocenters. The van der Waals surface area contributed by atoms with Crippen LogP contribution in [0, 0.1) is 0 Å². The lowest BCUT2D eigenvalue weighted by molar-refractivity contribution is 0.807. The van der Waals surface area contributed by atoms with Crippen LogP contribution in [0.1, 0.15) is 19.8 Å². The summed E-state index contributed by atoms with van der Waals surface area (Å²) in [5.74, 6) is 0. The average Bonchev–Trinajstić information content (AvgIpc) is 2.13. The van der Waals surface area contributed by atoms with Crippen molar-refractivity contribution in [3.05, 3.63) is 34.3 Å². The quantitative estimate of drug-likeness (QED) is 0.807. The standard InChI is InChI=1S/C6H4Cl2.C4H11N/c7-5-3-1-2-4-6(5)8;1-2-3-4-5/h1-4H;2-5H2,1H3. The molecule has 0 aliphatic rings. The maximum absolute atomic E-state index is 5.58. The summed E-state index contributed by atoms with van der Waals surface area (Å²) in [6.45, 7) is 2.98. The molecule has 1 aromatic rings. The van der Waals surface area contributed by atoms with Gasteiger partial charge in [-0.05, 0) is 25.1 Å². The smallest absolute Gasteiger partial charge is 0.0592 e. The number of benzene rings is 1. The number of nitrogens with two attached hydrogens (primary N) is 1. The molecule has 0 heterocycles. The molecule has 1 aromatic carbocycles. The van der Waals surface area contributed by atoms with Crippen LogP contribution in [0.15, 0.2) is 24.3 Å². The molecule has 0 unspecified atom stereocenters. The highest BCUT2D eigenvalue weighted by molar-refractivity contribution is 6.41. The van der Waals surface area contributed by atoms with Crippen LogP contribution in [0.2, 0.25) is 10.0 Å². The molecule has 1 rings (SSSR count). The van der Waals surface area contributed by atoms with Crippen LogP contribution >= 0.6 is 23.2 Å². The first-order valence-electron chi connectivity index (χ1n) is 4.32. The lowest BCUT2D eigenvalue weighted by atomic mass is 10.3. The molecule has 0 aromatic heterocycles. The normalized spacial score (nSPS) is 8.92. The molecule has 13 heavy (non-hydrogen) atoms. The molecule has 3 heteroatoms. The van der Waals surface area contributed by atoms with E-state index in [9.17, 15) is 0 Å². The SMILES string of the molecule is CCCCN.Clc1ccccc1Cl. The minimum absolute atomic E-state index is 0.606. The van der Waals surface area contributed by atoms with E-state index < -0.39 is 0 Å². The highest BCUT2D eigenvalue weighted by Crippen LogP contribution is 2.19. The van der Waals surface area contributed by atoms with E-state index in [2.05, 4.69) is 6.92 Å². The molecule has 74 valence electrons. The van der Waals surface area contributed by atoms with Crippen molar-refractivity contribution in [3.63, 3.8) is 0 Å². The minimum Gasteiger partial charge on any atom is -0.330 e. The van der Waals surface area contributed by atoms with Gasteiger partial charge < -0.3 is 5.73 Å². The van der Waals surface area contributed by atoms with Gasteiger partial charge in [-0.15, -0.1) is 0 Å². The lowest BCUT2D eigenvalue weighted by Gasteiger charge is -1.88. The van der Waals surface area contributed by atoms with Gasteiger partial charge in [0.1, 0.15) is 0 Å². The Bertz CT molecular complexity index is 203. The van der Waals surface area contributed by atoms with Gasteiger partial charge in [-0.1, -0.05) is 48.7 Å². The van der Waals surface area contributed by atoms with Crippen LogP contribution in [-0.4, -0.2) is 6.54 Å². The molecular weight excluding hydrogens is 205 g/mol. The molecular formula is C10H15Cl2N. The number of rotatable bonds is 2. The first kappa shape index (κ1) is 12.8. The van der Waals surface area contributed by atoms with Crippen molar-refractivity contribution < 1.29 is 0 Å². The third kappa shape index (κ3) is 6.88. The topological polar surface area (TPSA) is 26.0 Å². The lowest BCUT2D eigenvalue weighted by Crippen LogP contribution is -1.95. The van der Waals surface area contributed by atoms with Gasteiger partial charge in [0, 0.05) is 0 Å². The summed E-state index contributed by atoms with van der Waals surface area (Å²) in [5, 5.41) is 1.21. The Balaban J connectivity index is 0.000000252. The summed E-state index contributed by atoms with van der Waals surface area (Å²) >= 11 is 11.2. The molecule has 0 saturated carbocycles. The molecule has 0 aliphatic carbocycles. The Hall–Kier alpha value is -0.240. The highest BCUT2D eigenvalue weighted by atomic mass is 35.5. The van der Waals surface area contributed by atoms with Crippen LogP contribution < -0.4 is 5.73 Å². The second-order valence-corrected chi connectivity index (χ2v) is 3.37. The molecule has 0 aliphatic heterocycles. The van der Waals surface area contributed by atoms with Gasteiger partial charge in [-0.25, -0.2) is 0 Å². The van der Waals surface area contributed by atoms with Crippen molar-refractivity contribution in [1.82, 2.24) is 0 Å². The first-order valence-corrected chi connectivity index (χ1v) is 5.08. The third-order valence-corrected chi connectivity index (χ3v) is 2.14. The summed E-state index contributed by atoms with van der Waals surface area (Å²) in [6.07, 6.45) is 2.39. The largest absolute Gasteiger partial charge is 0.330 e. The van der Waals surface area contributed by atoms with E-state index in [-0.39, 0.29) is 0 Å². The fourth-order valence-electron chi connectivity index (χ4n) is 0.643. The van der Waals surface area contributed by atoms with Crippen molar-refractivity contribution in [2.24, 2.45) is 5.73 Å². The zero-order valence-corrected chi connectivity index (χ0v) is 9.28. The van der Waals surface area contributed by atoms with Crippen molar-refractivity contribution >= 4 is 23.2 Å². The number of unbranched alkanes of at least 4 members (excludes halogenated alkanes) is 1. The second kappa shape index (κ2) is 8.36. The van der Waals surface area contributed by atoms with E-state index in [1.165, 1.54) is 12.8 Å². The molecule has 0 bridgehead atoms. The summed E-state index contributed by atoms with van der Waals surface area (Å²) in [5.41, 5.74) is 5.14. The van der Waals surface area contributed by atoms with Gasteiger partial charge in [0.25, 0.3) is 0 Å². The second-order valence-electron chi connectivity index (χ2n) is 2.56. The predicted molar refractivity (Wildman–Crippen MR) is 60.4 cm³/mol. The Kier molecular flexibility index (Phi) is 8.21. The first-order chi connectivity index (χ1) is 6.22. The van der Waals surface area contributed by atoms with E-state index in [1.54, 1.807) is 12.1 Å². The predicted octanol–water partition coefficient (Wildman–Crippen LogP) is 3.74. The summed E-state index contributed by atoms with van der Waals surface area (Å²) < 4.78 is 0. The summed E-state index contributed by atoms with van der Waals surface area (Å²) in [7, 11) is 0. The number of hydrogen-bond acceptors (Lipinski definition) is 1. The summed E-state index contributed by atoms with van der Waals surface area (Å²) in [4.78, 5) is 0. The van der Waals surface area contributed by atoms with E-state index in [0.29, 0.717) is 10.0 Å². The number of hydrogen-bond donors (Lipinski definition) is 1. The van der Waals surface area contributed by atoms with Crippen LogP contribution in [-0.2, 0) is 0 Å². The van der Waals surface area contributed by atoms with Gasteiger partial charge in [0.2, 0.25) is 0 Å². The fourth-order valence-corrected chi connectivity index (χ4v) is 0.915. The minimum atomic E-state index is 0.606. The third-order valence-electron chi connectivity index (χ3n) is 1.38. The van der Waals surface area contributed by atoms with Gasteiger partial charge in [0.15, 0.2) is 0 Å². The molecule has 0 radical (unpaired) electrons. The van der Waals surface area contributed by atoms with Crippen molar-refractivity contribution in [1.29, 1.82) is 0 Å². The highest BCUT2D eigenvalue weighted by Gasteiger charge is 1.89. The maximum atomic E-state index is 5.58. The monoisotopic (exact) mass is 219 g/mol. The van der Waals surface area contributed by atoms with Crippen molar-refractivity contribution in [2.75, 3.05) is 6.54 Å². The van der Waals surface area contributed by atoms with Crippen LogP contribution in [0.4, 0.5) is 0 Å². The van der Waals surface area contributed by atoms with E-state index >= 15 is 0 Å². The Morgan fingerprint density at radius 3 is 1.77 bits per heavy atom. The van der Waals surface area contributed by atoms with E-state index in [1.807, 2.05) is 12.1 Å². The molecule has 0 amide bonds. The van der Waals surface area contributed by atoms with E-state index in [0.717, 1.165) is 6.54 Å². The van der Waals surface area contributed by atoms with E-state index in [4.69, 9.17) is 28.9 Å². The Labute approximate surface area is 89.8 Å². The molecule has 2 N–H and O–H groups in total. The zero-order valence-electron chi connectivity index (χ0n) is 7.76. The maximum Gasteiger partial charge on any atom is 0.0592 e. The van der Waals surface area contributed by atoms with Gasteiger partial charge >= 0.3 is 0 Å². The van der Waals surface area contributed by atoms with Crippen molar-refractivity contribution in [3.8, 4) is 0 Å². The molecule has 0 fully saturated rings. The number of halogens is 2. The van der Waals surface area contributed by atoms with Crippen LogP contribution in [0.3, 0.4) is 0 Å². The van der Waals surface area contributed by atoms with Gasteiger partial charge in [-0.2, -0.15) is 0 Å². The van der Waals surface area contributed by atoms with Gasteiger partial charge in [-0.3, -0.25) is 0 Å². The Morgan fingerprint density at radius 2 is 1.62 bits per heavy atom. The molecule has 0 saturated heterocycles. The zero-order chi connectivity index (χ0) is 10.1. The van der Waals surface area contributed by atoms with Crippen LogP contribution in [0.5, 0.6) is 0 Å². The Morgan fingerprint density at radius 1 is 1.15 bits per heavy atom. The molecule has 1 nitrogen and oxygen atoms in total. The fraction of sp³-hybridized carbons (Fsp3) is 0.400. The molecule has 0 spiro atoms. The van der Waals surface area contributed by atoms with Crippen molar-refractivity contribution in [2.45, 2.75) is 19.8 Å².